The summed E-state index contributed by atoms with van der Waals surface area (Å²) in [5, 5.41) is 6.23. The average molecular weight is 644 g/mol. The number of hydrogen-bond donors (Lipinski definition) is 3. The van der Waals surface area contributed by atoms with Crippen LogP contribution in [-0.4, -0.2) is 26.3 Å². The Balaban J connectivity index is 1.29. The molecule has 0 radical (unpaired) electrons. The van der Waals surface area contributed by atoms with Crippen LogP contribution in [0.2, 0.25) is 10.0 Å². The number of aromatic nitrogens is 3. The molecule has 9 nitrogen and oxygen atoms in total. The van der Waals surface area contributed by atoms with Gasteiger partial charge in [-0.1, -0.05) is 64.9 Å². The largest absolute Gasteiger partial charge is 0.361 e. The summed E-state index contributed by atoms with van der Waals surface area (Å²) in [6.07, 6.45) is 2.51. The van der Waals surface area contributed by atoms with Crippen LogP contribution in [0.25, 0.3) is 21.1 Å². The molecule has 220 valence electrons. The molecule has 1 aliphatic rings. The van der Waals surface area contributed by atoms with E-state index in [4.69, 9.17) is 23.2 Å². The first-order valence-corrected chi connectivity index (χ1v) is 15.4. The summed E-state index contributed by atoms with van der Waals surface area (Å²) in [7, 11) is 0. The molecule has 1 atom stereocenters. The van der Waals surface area contributed by atoms with E-state index in [1.807, 2.05) is 54.7 Å². The molecule has 4 heterocycles. The third kappa shape index (κ3) is 4.95. The van der Waals surface area contributed by atoms with Crippen molar-refractivity contribution in [3.05, 3.63) is 122 Å². The highest BCUT2D eigenvalue weighted by molar-refractivity contribution is 7.22. The molecule has 1 aliphatic heterocycles. The third-order valence-corrected chi connectivity index (χ3v) is 9.55. The second-order valence-electron chi connectivity index (χ2n) is 10.4. The van der Waals surface area contributed by atoms with Gasteiger partial charge in [-0.15, -0.1) is 0 Å². The maximum Gasteiger partial charge on any atom is 0.276 e. The molecule has 0 aliphatic carbocycles. The molecule has 0 saturated heterocycles. The number of hydrogen-bond acceptors (Lipinski definition) is 6. The number of pyridine rings is 1. The molecule has 3 N–H and O–H groups in total. The van der Waals surface area contributed by atoms with Gasteiger partial charge in [0.1, 0.15) is 6.04 Å². The minimum Gasteiger partial charge on any atom is -0.361 e. The lowest BCUT2D eigenvalue weighted by Crippen LogP contribution is -2.54. The molecule has 12 heteroatoms. The van der Waals surface area contributed by atoms with Gasteiger partial charge in [0.15, 0.2) is 0 Å². The molecule has 0 fully saturated rings. The molecule has 0 bridgehead atoms. The van der Waals surface area contributed by atoms with Crippen molar-refractivity contribution in [2.45, 2.75) is 25.9 Å². The molecule has 3 aromatic carbocycles. The fraction of sp³-hybridized carbons (Fsp3) is 0.125. The number of anilines is 2. The molecule has 0 saturated carbocycles. The first kappa shape index (κ1) is 28.3. The molecule has 1 unspecified atom stereocenters. The quantitative estimate of drug-likeness (QED) is 0.188. The Morgan fingerprint density at radius 3 is 2.64 bits per heavy atom. The second-order valence-corrected chi connectivity index (χ2v) is 12.3. The third-order valence-electron chi connectivity index (χ3n) is 7.79. The zero-order valence-electron chi connectivity index (χ0n) is 23.2. The summed E-state index contributed by atoms with van der Waals surface area (Å²) < 4.78 is 2.48. The molecule has 44 heavy (non-hydrogen) atoms. The maximum atomic E-state index is 14.1. The Morgan fingerprint density at radius 2 is 1.82 bits per heavy atom. The summed E-state index contributed by atoms with van der Waals surface area (Å²) in [5.41, 5.74) is 6.98. The molecular weight excluding hydrogens is 619 g/mol. The lowest BCUT2D eigenvalue weighted by atomic mass is 9.96. The molecular formula is C32H24Cl2N6O3S. The minimum absolute atomic E-state index is 0.274. The van der Waals surface area contributed by atoms with Gasteiger partial charge in [-0.25, -0.2) is 15.4 Å². The number of halogens is 2. The number of rotatable bonds is 6. The predicted molar refractivity (Wildman–Crippen MR) is 175 cm³/mol. The van der Waals surface area contributed by atoms with Crippen LogP contribution >= 0.6 is 34.5 Å². The predicted octanol–water partition coefficient (Wildman–Crippen LogP) is 6.64. The van der Waals surface area contributed by atoms with Gasteiger partial charge < -0.3 is 14.9 Å². The number of nitrogens with zero attached hydrogens (tertiary/aromatic N) is 3. The number of carbonyl (C=O) groups excluding carboxylic acids is 2. The molecule has 0 spiro atoms. The number of aromatic amines is 1. The Bertz CT molecular complexity index is 2140. The van der Waals surface area contributed by atoms with Gasteiger partial charge in [0, 0.05) is 46.7 Å². The van der Waals surface area contributed by atoms with Crippen LogP contribution in [0.15, 0.2) is 83.8 Å². The van der Waals surface area contributed by atoms with E-state index < -0.39 is 17.9 Å². The van der Waals surface area contributed by atoms with Crippen molar-refractivity contribution in [2.24, 2.45) is 0 Å². The van der Waals surface area contributed by atoms with E-state index in [2.05, 4.69) is 20.7 Å². The maximum absolute atomic E-state index is 14.1. The zero-order valence-corrected chi connectivity index (χ0v) is 25.6. The van der Waals surface area contributed by atoms with Gasteiger partial charge in [-0.05, 0) is 55.3 Å². The van der Waals surface area contributed by atoms with Gasteiger partial charge in [-0.3, -0.25) is 14.4 Å². The highest BCUT2D eigenvalue weighted by Crippen LogP contribution is 2.35. The first-order chi connectivity index (χ1) is 21.3. The van der Waals surface area contributed by atoms with Crippen LogP contribution < -0.4 is 21.3 Å². The Labute approximate surface area is 265 Å². The second kappa shape index (κ2) is 11.2. The first-order valence-electron chi connectivity index (χ1n) is 13.8. The smallest absolute Gasteiger partial charge is 0.276 e. The van der Waals surface area contributed by atoms with E-state index in [0.29, 0.717) is 34.5 Å². The Hall–Kier alpha value is -4.48. The highest BCUT2D eigenvalue weighted by atomic mass is 35.5. The molecule has 2 amide bonds. The summed E-state index contributed by atoms with van der Waals surface area (Å²) in [4.78, 5) is 49.4. The number of aryl methyl sites for hydroxylation is 1. The summed E-state index contributed by atoms with van der Waals surface area (Å²) in [5.74, 6) is -0.894. The summed E-state index contributed by atoms with van der Waals surface area (Å²) in [6.45, 7) is 2.09. The number of H-pyrrole nitrogens is 1. The normalized spacial score (nSPS) is 14.8. The Morgan fingerprint density at radius 1 is 1.02 bits per heavy atom. The topological polar surface area (TPSA) is 112 Å². The standard InChI is InChI=1S/C32H24Cl2N6O3S/c1-17-28-21(15-27(41)39(17)13-12-18-16-35-24-7-3-2-6-20(18)24)29(30(42)36-19-10-11-22(33)23(34)14-19)38-40(31(28)43)32-37-25-8-4-5-9-26(25)44-32/h2-11,14-16,29,35,38H,12-13H2,1H3,(H,36,42). The number of hydrazine groups is 1. The van der Waals surface area contributed by atoms with Crippen LogP contribution in [0.5, 0.6) is 0 Å². The molecule has 6 aromatic rings. The van der Waals surface area contributed by atoms with Gasteiger partial charge in [0.05, 0.1) is 25.8 Å². The number of para-hydroxylation sites is 2. The number of fused-ring (bicyclic) bond motifs is 3. The van der Waals surface area contributed by atoms with Gasteiger partial charge >= 0.3 is 0 Å². The SMILES string of the molecule is Cc1c2c(cc(=O)n1CCc1c[nH]c3ccccc13)C(C(=O)Nc1ccc(Cl)c(Cl)c1)NN(c1nc3ccccc3s1)C2=O. The van der Waals surface area contributed by atoms with Gasteiger partial charge in [-0.2, -0.15) is 0 Å². The van der Waals surface area contributed by atoms with Crippen LogP contribution in [0, 0.1) is 6.92 Å². The average Bonchev–Trinajstić information content (AvgIpc) is 3.63. The van der Waals surface area contributed by atoms with Crippen molar-refractivity contribution in [3.8, 4) is 0 Å². The van der Waals surface area contributed by atoms with Gasteiger partial charge in [0.25, 0.3) is 11.5 Å². The number of benzene rings is 3. The number of carbonyl (C=O) groups is 2. The van der Waals surface area contributed by atoms with Crippen molar-refractivity contribution < 1.29 is 9.59 Å². The minimum atomic E-state index is -1.08. The van der Waals surface area contributed by atoms with Crippen molar-refractivity contribution in [1.29, 1.82) is 0 Å². The number of amides is 2. The van der Waals surface area contributed by atoms with Crippen LogP contribution in [0.4, 0.5) is 10.8 Å². The van der Waals surface area contributed by atoms with Crippen molar-refractivity contribution in [3.63, 3.8) is 0 Å². The number of thiazole rings is 1. The summed E-state index contributed by atoms with van der Waals surface area (Å²) >= 11 is 13.6. The van der Waals surface area contributed by atoms with E-state index in [1.165, 1.54) is 28.5 Å². The monoisotopic (exact) mass is 642 g/mol. The van der Waals surface area contributed by atoms with Crippen molar-refractivity contribution in [2.75, 3.05) is 10.3 Å². The van der Waals surface area contributed by atoms with E-state index in [-0.39, 0.29) is 21.7 Å². The zero-order chi connectivity index (χ0) is 30.5. The van der Waals surface area contributed by atoms with Crippen LogP contribution in [-0.2, 0) is 17.8 Å². The summed E-state index contributed by atoms with van der Waals surface area (Å²) in [6, 6.07) is 20.5. The van der Waals surface area contributed by atoms with Crippen LogP contribution in [0.3, 0.4) is 0 Å². The highest BCUT2D eigenvalue weighted by Gasteiger charge is 2.39. The van der Waals surface area contributed by atoms with Gasteiger partial charge in [0.2, 0.25) is 11.0 Å². The van der Waals surface area contributed by atoms with E-state index in [9.17, 15) is 14.4 Å². The lowest BCUT2D eigenvalue weighted by molar-refractivity contribution is -0.118. The fourth-order valence-corrected chi connectivity index (χ4v) is 6.83. The molecule has 7 rings (SSSR count). The van der Waals surface area contributed by atoms with E-state index >= 15 is 0 Å². The Kier molecular flexibility index (Phi) is 7.22. The van der Waals surface area contributed by atoms with E-state index in [0.717, 1.165) is 26.7 Å². The fourth-order valence-electron chi connectivity index (χ4n) is 5.60. The number of nitrogens with one attached hydrogen (secondary N) is 3. The van der Waals surface area contributed by atoms with Crippen molar-refractivity contribution in [1.82, 2.24) is 20.0 Å². The van der Waals surface area contributed by atoms with Crippen molar-refractivity contribution >= 4 is 78.3 Å². The van der Waals surface area contributed by atoms with E-state index in [1.54, 1.807) is 23.6 Å². The lowest BCUT2D eigenvalue weighted by Gasteiger charge is -2.34. The van der Waals surface area contributed by atoms with Crippen LogP contribution in [0.1, 0.15) is 33.2 Å². The molecule has 3 aromatic heterocycles.